The number of hydrogen-bond acceptors (Lipinski definition) is 3. The summed E-state index contributed by atoms with van der Waals surface area (Å²) in [7, 11) is 0. The second-order valence-electron chi connectivity index (χ2n) is 4.69. The van der Waals surface area contributed by atoms with Gasteiger partial charge in [0, 0.05) is 17.8 Å². The third-order valence-electron chi connectivity index (χ3n) is 3.32. The van der Waals surface area contributed by atoms with E-state index in [0.29, 0.717) is 10.8 Å². The molecule has 5 heteroatoms. The second-order valence-corrected chi connectivity index (χ2v) is 5.10. The number of aromatic nitrogens is 1. The lowest BCUT2D eigenvalue weighted by molar-refractivity contribution is 0.465. The number of para-hydroxylation sites is 1. The molecule has 3 aromatic rings. The lowest BCUT2D eigenvalue weighted by atomic mass is 10.1. The van der Waals surface area contributed by atoms with Crippen molar-refractivity contribution in [2.45, 2.75) is 13.0 Å². The quantitative estimate of drug-likeness (QED) is 0.780. The number of pyridine rings is 1. The highest BCUT2D eigenvalue weighted by molar-refractivity contribution is 6.31. The zero-order valence-electron chi connectivity index (χ0n) is 11.4. The first-order chi connectivity index (χ1) is 10.2. The number of halogens is 2. The van der Waals surface area contributed by atoms with E-state index in [1.165, 1.54) is 6.07 Å². The maximum absolute atomic E-state index is 13.8. The zero-order valence-corrected chi connectivity index (χ0v) is 12.2. The van der Waals surface area contributed by atoms with Crippen molar-refractivity contribution in [3.63, 3.8) is 0 Å². The number of rotatable bonds is 4. The summed E-state index contributed by atoms with van der Waals surface area (Å²) in [5.41, 5.74) is 1.12. The van der Waals surface area contributed by atoms with Crippen molar-refractivity contribution in [3.8, 4) is 0 Å². The zero-order chi connectivity index (χ0) is 14.8. The summed E-state index contributed by atoms with van der Waals surface area (Å²) in [4.78, 5) is 3.99. The molecule has 0 aliphatic carbocycles. The monoisotopic (exact) mass is 304 g/mol. The number of furan rings is 1. The lowest BCUT2D eigenvalue weighted by Gasteiger charge is -2.16. The van der Waals surface area contributed by atoms with Crippen LogP contribution < -0.4 is 5.32 Å². The standard InChI is InChI=1S/C16H14ClFN2O/c1-2-20-15(11-6-7-19-9-12(11)17)14-8-10-4-3-5-13(18)16(10)21-14/h3-9,15,20H,2H2,1H3. The first kappa shape index (κ1) is 14.0. The van der Waals surface area contributed by atoms with Gasteiger partial charge in [-0.25, -0.2) is 4.39 Å². The normalized spacial score (nSPS) is 12.7. The summed E-state index contributed by atoms with van der Waals surface area (Å²) in [6.45, 7) is 2.72. The fraction of sp³-hybridized carbons (Fsp3) is 0.188. The SMILES string of the molecule is CCNC(c1cc2cccc(F)c2o1)c1ccncc1Cl. The van der Waals surface area contributed by atoms with E-state index in [1.807, 2.05) is 25.1 Å². The molecule has 0 spiro atoms. The van der Waals surface area contributed by atoms with E-state index < -0.39 is 0 Å². The molecule has 1 unspecified atom stereocenters. The third-order valence-corrected chi connectivity index (χ3v) is 3.64. The Labute approximate surface area is 126 Å². The summed E-state index contributed by atoms with van der Waals surface area (Å²) in [5.74, 6) is 0.264. The van der Waals surface area contributed by atoms with E-state index >= 15 is 0 Å². The van der Waals surface area contributed by atoms with Gasteiger partial charge in [-0.1, -0.05) is 30.7 Å². The Hall–Kier alpha value is -1.91. The van der Waals surface area contributed by atoms with Crippen molar-refractivity contribution >= 4 is 22.6 Å². The molecule has 0 saturated heterocycles. The fourth-order valence-electron chi connectivity index (χ4n) is 2.38. The van der Waals surface area contributed by atoms with Crippen molar-refractivity contribution < 1.29 is 8.81 Å². The average molecular weight is 305 g/mol. The van der Waals surface area contributed by atoms with Gasteiger partial charge in [-0.2, -0.15) is 0 Å². The molecular weight excluding hydrogens is 291 g/mol. The summed E-state index contributed by atoms with van der Waals surface area (Å²) in [6, 6.07) is 8.30. The van der Waals surface area contributed by atoms with Gasteiger partial charge in [0.25, 0.3) is 0 Å². The molecule has 0 bridgehead atoms. The van der Waals surface area contributed by atoms with Crippen molar-refractivity contribution in [2.75, 3.05) is 6.54 Å². The van der Waals surface area contributed by atoms with E-state index in [1.54, 1.807) is 18.5 Å². The summed E-state index contributed by atoms with van der Waals surface area (Å²) < 4.78 is 19.5. The Kier molecular flexibility index (Phi) is 3.90. The van der Waals surface area contributed by atoms with Crippen LogP contribution in [0.15, 0.2) is 47.1 Å². The van der Waals surface area contributed by atoms with Crippen LogP contribution in [0.4, 0.5) is 4.39 Å². The molecule has 0 amide bonds. The molecule has 0 radical (unpaired) electrons. The molecule has 1 aromatic carbocycles. The molecule has 2 aromatic heterocycles. The molecule has 1 N–H and O–H groups in total. The predicted molar refractivity (Wildman–Crippen MR) is 80.9 cm³/mol. The largest absolute Gasteiger partial charge is 0.456 e. The molecule has 0 fully saturated rings. The minimum absolute atomic E-state index is 0.239. The minimum atomic E-state index is -0.366. The van der Waals surface area contributed by atoms with Crippen LogP contribution in [0.1, 0.15) is 24.3 Å². The van der Waals surface area contributed by atoms with E-state index in [4.69, 9.17) is 16.0 Å². The van der Waals surface area contributed by atoms with Gasteiger partial charge in [0.15, 0.2) is 11.4 Å². The van der Waals surface area contributed by atoms with E-state index in [-0.39, 0.29) is 17.4 Å². The first-order valence-electron chi connectivity index (χ1n) is 6.71. The van der Waals surface area contributed by atoms with Crippen LogP contribution in [-0.4, -0.2) is 11.5 Å². The lowest BCUT2D eigenvalue weighted by Crippen LogP contribution is -2.21. The van der Waals surface area contributed by atoms with Crippen molar-refractivity contribution in [1.29, 1.82) is 0 Å². The Morgan fingerprint density at radius 3 is 2.95 bits per heavy atom. The van der Waals surface area contributed by atoms with Gasteiger partial charge < -0.3 is 9.73 Å². The molecule has 2 heterocycles. The molecule has 0 saturated carbocycles. The number of nitrogens with zero attached hydrogens (tertiary/aromatic N) is 1. The maximum atomic E-state index is 13.8. The molecule has 3 nitrogen and oxygen atoms in total. The van der Waals surface area contributed by atoms with Crippen molar-refractivity contribution in [1.82, 2.24) is 10.3 Å². The molecular formula is C16H14ClFN2O. The molecule has 21 heavy (non-hydrogen) atoms. The van der Waals surface area contributed by atoms with Gasteiger partial charge in [0.05, 0.1) is 11.1 Å². The second kappa shape index (κ2) is 5.84. The molecule has 1 atom stereocenters. The van der Waals surface area contributed by atoms with E-state index in [0.717, 1.165) is 17.5 Å². The van der Waals surface area contributed by atoms with Gasteiger partial charge in [-0.05, 0) is 30.3 Å². The smallest absolute Gasteiger partial charge is 0.169 e. The van der Waals surface area contributed by atoms with Gasteiger partial charge in [-0.15, -0.1) is 0 Å². The van der Waals surface area contributed by atoms with Gasteiger partial charge in [0.1, 0.15) is 5.76 Å². The summed E-state index contributed by atoms with van der Waals surface area (Å²) in [6.07, 6.45) is 3.26. The minimum Gasteiger partial charge on any atom is -0.456 e. The Balaban J connectivity index is 2.11. The first-order valence-corrected chi connectivity index (χ1v) is 7.09. The van der Waals surface area contributed by atoms with Crippen LogP contribution in [-0.2, 0) is 0 Å². The van der Waals surface area contributed by atoms with Gasteiger partial charge in [0.2, 0.25) is 0 Å². The van der Waals surface area contributed by atoms with Crippen LogP contribution in [0.25, 0.3) is 11.0 Å². The molecule has 0 aliphatic rings. The van der Waals surface area contributed by atoms with Crippen molar-refractivity contribution in [2.24, 2.45) is 0 Å². The fourth-order valence-corrected chi connectivity index (χ4v) is 2.61. The Morgan fingerprint density at radius 1 is 1.38 bits per heavy atom. The van der Waals surface area contributed by atoms with Crippen LogP contribution in [0.2, 0.25) is 5.02 Å². The molecule has 3 rings (SSSR count). The Bertz CT molecular complexity index is 772. The molecule has 0 aliphatic heterocycles. The molecule has 108 valence electrons. The summed E-state index contributed by atoms with van der Waals surface area (Å²) in [5, 5.41) is 4.59. The van der Waals surface area contributed by atoms with Crippen LogP contribution in [0.3, 0.4) is 0 Å². The Morgan fingerprint density at radius 2 is 2.24 bits per heavy atom. The van der Waals surface area contributed by atoms with Gasteiger partial charge in [-0.3, -0.25) is 4.98 Å². The maximum Gasteiger partial charge on any atom is 0.169 e. The third kappa shape index (κ3) is 2.64. The number of benzene rings is 1. The number of nitrogens with one attached hydrogen (secondary N) is 1. The van der Waals surface area contributed by atoms with E-state index in [9.17, 15) is 4.39 Å². The highest BCUT2D eigenvalue weighted by Crippen LogP contribution is 2.32. The van der Waals surface area contributed by atoms with Crippen molar-refractivity contribution in [3.05, 3.63) is 64.9 Å². The average Bonchev–Trinajstić information content (AvgIpc) is 2.91. The highest BCUT2D eigenvalue weighted by atomic mass is 35.5. The van der Waals surface area contributed by atoms with E-state index in [2.05, 4.69) is 10.3 Å². The predicted octanol–water partition coefficient (Wildman–Crippen LogP) is 4.32. The van der Waals surface area contributed by atoms with Crippen LogP contribution in [0, 0.1) is 5.82 Å². The number of hydrogen-bond donors (Lipinski definition) is 1. The van der Waals surface area contributed by atoms with Crippen LogP contribution >= 0.6 is 11.6 Å². The van der Waals surface area contributed by atoms with Gasteiger partial charge >= 0.3 is 0 Å². The number of fused-ring (bicyclic) bond motifs is 1. The van der Waals surface area contributed by atoms with Crippen LogP contribution in [0.5, 0.6) is 0 Å². The summed E-state index contributed by atoms with van der Waals surface area (Å²) >= 11 is 6.22. The highest BCUT2D eigenvalue weighted by Gasteiger charge is 2.21. The topological polar surface area (TPSA) is 38.1 Å².